The van der Waals surface area contributed by atoms with E-state index in [2.05, 4.69) is 22.5 Å². The molecule has 5 N–H and O–H groups in total. The van der Waals surface area contributed by atoms with Gasteiger partial charge in [0.25, 0.3) is 0 Å². The first kappa shape index (κ1) is 15.4. The molecule has 0 heterocycles. The molecule has 0 aliphatic heterocycles. The van der Waals surface area contributed by atoms with Crippen LogP contribution in [0.15, 0.2) is 54.9 Å². The van der Waals surface area contributed by atoms with Crippen molar-refractivity contribution in [2.24, 2.45) is 0 Å². The molecule has 22 heavy (non-hydrogen) atoms. The summed E-state index contributed by atoms with van der Waals surface area (Å²) < 4.78 is 0. The van der Waals surface area contributed by atoms with Gasteiger partial charge in [0.15, 0.2) is 0 Å². The molecular weight excluding hydrogens is 276 g/mol. The van der Waals surface area contributed by atoms with Crippen LogP contribution < -0.4 is 21.7 Å². The number of hydrogen-bond acceptors (Lipinski definition) is 4. The van der Waals surface area contributed by atoms with Crippen LogP contribution >= 0.6 is 0 Å². The van der Waals surface area contributed by atoms with Crippen LogP contribution in [0.3, 0.4) is 0 Å². The van der Waals surface area contributed by atoms with Gasteiger partial charge in [0.2, 0.25) is 5.91 Å². The molecule has 0 aromatic heterocycles. The Morgan fingerprint density at radius 3 is 2.41 bits per heavy atom. The van der Waals surface area contributed by atoms with Gasteiger partial charge < -0.3 is 21.7 Å². The normalized spacial score (nSPS) is 9.91. The maximum atomic E-state index is 11.1. The highest BCUT2D eigenvalue weighted by atomic mass is 16.1. The molecule has 0 atom stereocenters. The molecule has 0 spiro atoms. The quantitative estimate of drug-likeness (QED) is 0.636. The zero-order valence-electron chi connectivity index (χ0n) is 12.7. The summed E-state index contributed by atoms with van der Waals surface area (Å²) in [5, 5.41) is 9.02. The van der Waals surface area contributed by atoms with E-state index in [0.717, 1.165) is 16.9 Å². The first-order valence-electron chi connectivity index (χ1n) is 6.91. The number of hydrogen-bond donors (Lipinski definition) is 4. The fourth-order valence-corrected chi connectivity index (χ4v) is 2.03. The molecule has 114 valence electrons. The molecular formula is C17H20N4O. The van der Waals surface area contributed by atoms with Gasteiger partial charge in [0.05, 0.1) is 11.4 Å². The highest BCUT2D eigenvalue weighted by molar-refractivity contribution is 5.92. The number of carbonyl (C=O) groups excluding carboxylic acids is 1. The zero-order chi connectivity index (χ0) is 16.1. The Labute approximate surface area is 130 Å². The summed E-state index contributed by atoms with van der Waals surface area (Å²) in [6, 6.07) is 13.3. The van der Waals surface area contributed by atoms with E-state index in [1.807, 2.05) is 37.3 Å². The van der Waals surface area contributed by atoms with Crippen LogP contribution in [0.2, 0.25) is 0 Å². The second-order valence-electron chi connectivity index (χ2n) is 5.03. The SMILES string of the molecule is C=C(Nc1ccc(NC(C)=O)c(N)c1)Nc1ccccc1C. The number of aryl methyl sites for hydroxylation is 1. The lowest BCUT2D eigenvalue weighted by Crippen LogP contribution is -2.10. The third kappa shape index (κ3) is 4.02. The number of benzene rings is 2. The number of nitrogen functional groups attached to an aromatic ring is 1. The van der Waals surface area contributed by atoms with Crippen LogP contribution in [-0.4, -0.2) is 5.91 Å². The largest absolute Gasteiger partial charge is 0.397 e. The van der Waals surface area contributed by atoms with Gasteiger partial charge >= 0.3 is 0 Å². The first-order valence-corrected chi connectivity index (χ1v) is 6.91. The molecule has 0 saturated carbocycles. The Bertz CT molecular complexity index is 710. The molecule has 1 amide bonds. The summed E-state index contributed by atoms with van der Waals surface area (Å²) in [6.07, 6.45) is 0. The molecule has 5 nitrogen and oxygen atoms in total. The molecule has 2 aromatic rings. The highest BCUT2D eigenvalue weighted by Crippen LogP contribution is 2.24. The second-order valence-corrected chi connectivity index (χ2v) is 5.03. The van der Waals surface area contributed by atoms with Crippen LogP contribution in [0.1, 0.15) is 12.5 Å². The van der Waals surface area contributed by atoms with Gasteiger partial charge in [-0.2, -0.15) is 0 Å². The second kappa shape index (κ2) is 6.67. The van der Waals surface area contributed by atoms with Crippen LogP contribution in [0.5, 0.6) is 0 Å². The molecule has 5 heteroatoms. The Morgan fingerprint density at radius 2 is 1.77 bits per heavy atom. The van der Waals surface area contributed by atoms with E-state index in [1.54, 1.807) is 12.1 Å². The number of para-hydroxylation sites is 1. The molecule has 0 fully saturated rings. The van der Waals surface area contributed by atoms with E-state index in [0.29, 0.717) is 17.2 Å². The Hall–Kier alpha value is -2.95. The molecule has 0 radical (unpaired) electrons. The minimum atomic E-state index is -0.155. The van der Waals surface area contributed by atoms with Crippen LogP contribution in [0.4, 0.5) is 22.7 Å². The van der Waals surface area contributed by atoms with Crippen LogP contribution in [0, 0.1) is 6.92 Å². The van der Waals surface area contributed by atoms with Gasteiger partial charge in [-0.05, 0) is 36.8 Å². The summed E-state index contributed by atoms with van der Waals surface area (Å²) in [4.78, 5) is 11.1. The van der Waals surface area contributed by atoms with E-state index in [9.17, 15) is 4.79 Å². The smallest absolute Gasteiger partial charge is 0.221 e. The Balaban J connectivity index is 2.04. The average molecular weight is 296 g/mol. The third-order valence-corrected chi connectivity index (χ3v) is 3.09. The van der Waals surface area contributed by atoms with Crippen molar-refractivity contribution >= 4 is 28.7 Å². The van der Waals surface area contributed by atoms with Crippen LogP contribution in [-0.2, 0) is 4.79 Å². The monoisotopic (exact) mass is 296 g/mol. The lowest BCUT2D eigenvalue weighted by Gasteiger charge is -2.15. The zero-order valence-corrected chi connectivity index (χ0v) is 12.7. The third-order valence-electron chi connectivity index (χ3n) is 3.09. The Morgan fingerprint density at radius 1 is 1.05 bits per heavy atom. The Kier molecular flexibility index (Phi) is 4.68. The molecule has 0 saturated heterocycles. The van der Waals surface area contributed by atoms with Crippen LogP contribution in [0.25, 0.3) is 0 Å². The number of anilines is 4. The standard InChI is InChI=1S/C17H20N4O/c1-11-6-4-5-7-16(11)20-12(2)19-14-8-9-17(15(18)10-14)21-13(3)22/h4-10,19-20H,2,18H2,1,3H3,(H,21,22). The molecule has 2 rings (SSSR count). The van der Waals surface area contributed by atoms with Gasteiger partial charge in [-0.1, -0.05) is 24.8 Å². The minimum Gasteiger partial charge on any atom is -0.397 e. The van der Waals surface area contributed by atoms with Crippen molar-refractivity contribution in [3.63, 3.8) is 0 Å². The van der Waals surface area contributed by atoms with Gasteiger partial charge in [-0.3, -0.25) is 4.79 Å². The predicted molar refractivity (Wildman–Crippen MR) is 92.7 cm³/mol. The number of carbonyl (C=O) groups is 1. The summed E-state index contributed by atoms with van der Waals surface area (Å²) in [5.74, 6) is 0.485. The highest BCUT2D eigenvalue weighted by Gasteiger charge is 2.04. The average Bonchev–Trinajstić information content (AvgIpc) is 2.44. The van der Waals surface area contributed by atoms with Gasteiger partial charge in [-0.15, -0.1) is 0 Å². The number of nitrogens with one attached hydrogen (secondary N) is 3. The van der Waals surface area contributed by atoms with Crippen molar-refractivity contribution in [1.82, 2.24) is 0 Å². The summed E-state index contributed by atoms with van der Waals surface area (Å²) >= 11 is 0. The predicted octanol–water partition coefficient (Wildman–Crippen LogP) is 3.53. The van der Waals surface area contributed by atoms with Gasteiger partial charge in [0, 0.05) is 18.3 Å². The lowest BCUT2D eigenvalue weighted by molar-refractivity contribution is -0.114. The van der Waals surface area contributed by atoms with Gasteiger partial charge in [-0.25, -0.2) is 0 Å². The van der Waals surface area contributed by atoms with Crippen molar-refractivity contribution in [3.8, 4) is 0 Å². The fraction of sp³-hybridized carbons (Fsp3) is 0.118. The molecule has 0 bridgehead atoms. The molecule has 2 aromatic carbocycles. The fourth-order valence-electron chi connectivity index (χ4n) is 2.03. The van der Waals surface area contributed by atoms with Crippen molar-refractivity contribution in [1.29, 1.82) is 0 Å². The van der Waals surface area contributed by atoms with Crippen molar-refractivity contribution in [3.05, 3.63) is 60.4 Å². The maximum Gasteiger partial charge on any atom is 0.221 e. The van der Waals surface area contributed by atoms with E-state index in [-0.39, 0.29) is 5.91 Å². The summed E-state index contributed by atoms with van der Waals surface area (Å²) in [5.41, 5.74) is 9.91. The number of amides is 1. The first-order chi connectivity index (χ1) is 10.5. The van der Waals surface area contributed by atoms with E-state index in [1.165, 1.54) is 6.92 Å². The molecule has 0 aliphatic carbocycles. The number of nitrogens with two attached hydrogens (primary N) is 1. The lowest BCUT2D eigenvalue weighted by atomic mass is 10.2. The number of rotatable bonds is 5. The van der Waals surface area contributed by atoms with E-state index < -0.39 is 0 Å². The van der Waals surface area contributed by atoms with Crippen molar-refractivity contribution in [2.45, 2.75) is 13.8 Å². The topological polar surface area (TPSA) is 79.2 Å². The maximum absolute atomic E-state index is 11.1. The minimum absolute atomic E-state index is 0.155. The van der Waals surface area contributed by atoms with E-state index >= 15 is 0 Å². The van der Waals surface area contributed by atoms with Crippen molar-refractivity contribution < 1.29 is 4.79 Å². The molecule has 0 aliphatic rings. The molecule has 0 unspecified atom stereocenters. The van der Waals surface area contributed by atoms with Crippen molar-refractivity contribution in [2.75, 3.05) is 21.7 Å². The van der Waals surface area contributed by atoms with Gasteiger partial charge in [0.1, 0.15) is 5.82 Å². The summed E-state index contributed by atoms with van der Waals surface area (Å²) in [7, 11) is 0. The van der Waals surface area contributed by atoms with E-state index in [4.69, 9.17) is 5.73 Å². The summed E-state index contributed by atoms with van der Waals surface area (Å²) in [6.45, 7) is 7.42.